The number of carbonyl (C=O) groups is 1. The lowest BCUT2D eigenvalue weighted by Crippen LogP contribution is -2.40. The van der Waals surface area contributed by atoms with E-state index in [2.05, 4.69) is 23.2 Å². The molecule has 1 aliphatic rings. The fraction of sp³-hybridized carbons (Fsp3) is 0.389. The Hall–Kier alpha value is -1.79. The standard InChI is InChI=1S/C18H19N3OS2/c1-12-19-14(11-23-12)9-17(22)21-8-4-5-13(10-21)18-20-15-6-2-3-7-16(15)24-18/h2-3,6-7,11,13H,4-5,8-10H2,1H3/t13-/m0/s1. The summed E-state index contributed by atoms with van der Waals surface area (Å²) in [6.07, 6.45) is 2.57. The van der Waals surface area contributed by atoms with Gasteiger partial charge >= 0.3 is 0 Å². The van der Waals surface area contributed by atoms with Crippen molar-refractivity contribution in [3.05, 3.63) is 45.4 Å². The summed E-state index contributed by atoms with van der Waals surface area (Å²) in [5, 5.41) is 4.17. The minimum Gasteiger partial charge on any atom is -0.342 e. The van der Waals surface area contributed by atoms with Crippen molar-refractivity contribution in [2.24, 2.45) is 0 Å². The first-order chi connectivity index (χ1) is 11.7. The lowest BCUT2D eigenvalue weighted by atomic mass is 9.98. The predicted octanol–water partition coefficient (Wildman–Crippen LogP) is 4.01. The first kappa shape index (κ1) is 15.7. The number of likely N-dealkylation sites (tertiary alicyclic amines) is 1. The average molecular weight is 358 g/mol. The summed E-state index contributed by atoms with van der Waals surface area (Å²) < 4.78 is 1.23. The highest BCUT2D eigenvalue weighted by Crippen LogP contribution is 2.33. The Morgan fingerprint density at radius 3 is 3.00 bits per heavy atom. The Bertz CT molecular complexity index is 837. The van der Waals surface area contributed by atoms with Gasteiger partial charge in [-0.15, -0.1) is 22.7 Å². The van der Waals surface area contributed by atoms with Crippen molar-refractivity contribution in [1.82, 2.24) is 14.9 Å². The zero-order valence-electron chi connectivity index (χ0n) is 13.6. The molecule has 1 aromatic carbocycles. The molecule has 0 N–H and O–H groups in total. The van der Waals surface area contributed by atoms with Crippen LogP contribution in [0.4, 0.5) is 0 Å². The van der Waals surface area contributed by atoms with Crippen molar-refractivity contribution in [2.45, 2.75) is 32.1 Å². The van der Waals surface area contributed by atoms with Crippen molar-refractivity contribution >= 4 is 38.8 Å². The Balaban J connectivity index is 1.47. The minimum atomic E-state index is 0.186. The summed E-state index contributed by atoms with van der Waals surface area (Å²) >= 11 is 3.37. The van der Waals surface area contributed by atoms with Gasteiger partial charge in [0.25, 0.3) is 0 Å². The number of para-hydroxylation sites is 1. The number of fused-ring (bicyclic) bond motifs is 1. The number of hydrogen-bond acceptors (Lipinski definition) is 5. The molecule has 1 aliphatic heterocycles. The lowest BCUT2D eigenvalue weighted by molar-refractivity contribution is -0.131. The molecule has 0 radical (unpaired) electrons. The maximum atomic E-state index is 12.6. The molecular formula is C18H19N3OS2. The van der Waals surface area contributed by atoms with Gasteiger partial charge in [-0.05, 0) is 31.9 Å². The van der Waals surface area contributed by atoms with Crippen LogP contribution in [0.3, 0.4) is 0 Å². The first-order valence-electron chi connectivity index (χ1n) is 8.23. The van der Waals surface area contributed by atoms with Crippen molar-refractivity contribution in [3.8, 4) is 0 Å². The molecule has 0 spiro atoms. The van der Waals surface area contributed by atoms with Gasteiger partial charge in [0.15, 0.2) is 0 Å². The smallest absolute Gasteiger partial charge is 0.228 e. The number of nitrogens with zero attached hydrogens (tertiary/aromatic N) is 3. The van der Waals surface area contributed by atoms with Crippen LogP contribution < -0.4 is 0 Å². The average Bonchev–Trinajstić information content (AvgIpc) is 3.21. The van der Waals surface area contributed by atoms with Crippen LogP contribution in [-0.4, -0.2) is 33.9 Å². The minimum absolute atomic E-state index is 0.186. The molecule has 1 fully saturated rings. The fourth-order valence-electron chi connectivity index (χ4n) is 3.23. The highest BCUT2D eigenvalue weighted by Gasteiger charge is 2.27. The second-order valence-electron chi connectivity index (χ2n) is 6.23. The topological polar surface area (TPSA) is 46.1 Å². The van der Waals surface area contributed by atoms with E-state index in [-0.39, 0.29) is 5.91 Å². The zero-order chi connectivity index (χ0) is 16.5. The molecule has 1 amide bonds. The third-order valence-electron chi connectivity index (χ3n) is 4.43. The van der Waals surface area contributed by atoms with Gasteiger partial charge in [-0.3, -0.25) is 4.79 Å². The molecule has 1 saturated heterocycles. The van der Waals surface area contributed by atoms with Gasteiger partial charge in [0.05, 0.1) is 32.3 Å². The molecular weight excluding hydrogens is 338 g/mol. The highest BCUT2D eigenvalue weighted by atomic mass is 32.1. The van der Waals surface area contributed by atoms with E-state index in [4.69, 9.17) is 4.98 Å². The van der Waals surface area contributed by atoms with E-state index in [0.717, 1.165) is 42.1 Å². The van der Waals surface area contributed by atoms with Crippen LogP contribution in [0, 0.1) is 6.92 Å². The summed E-state index contributed by atoms with van der Waals surface area (Å²) in [6.45, 7) is 3.60. The van der Waals surface area contributed by atoms with Crippen LogP contribution >= 0.6 is 22.7 Å². The van der Waals surface area contributed by atoms with Gasteiger partial charge in [0.2, 0.25) is 5.91 Å². The third-order valence-corrected chi connectivity index (χ3v) is 6.45. The Morgan fingerprint density at radius 2 is 2.21 bits per heavy atom. The second-order valence-corrected chi connectivity index (χ2v) is 8.36. The van der Waals surface area contributed by atoms with Gasteiger partial charge in [-0.25, -0.2) is 9.97 Å². The lowest BCUT2D eigenvalue weighted by Gasteiger charge is -2.31. The van der Waals surface area contributed by atoms with E-state index in [1.807, 2.05) is 23.3 Å². The molecule has 0 saturated carbocycles. The van der Waals surface area contributed by atoms with Crippen LogP contribution in [-0.2, 0) is 11.2 Å². The van der Waals surface area contributed by atoms with Gasteiger partial charge in [0.1, 0.15) is 0 Å². The molecule has 1 atom stereocenters. The van der Waals surface area contributed by atoms with Crippen LogP contribution in [0.2, 0.25) is 0 Å². The number of carbonyl (C=O) groups excluding carboxylic acids is 1. The second kappa shape index (κ2) is 6.61. The number of rotatable bonds is 3. The normalized spacial score (nSPS) is 18.2. The number of piperidine rings is 1. The summed E-state index contributed by atoms with van der Waals surface area (Å²) in [7, 11) is 0. The molecule has 124 valence electrons. The summed E-state index contributed by atoms with van der Waals surface area (Å²) in [5.41, 5.74) is 1.96. The van der Waals surface area contributed by atoms with Crippen molar-refractivity contribution in [2.75, 3.05) is 13.1 Å². The van der Waals surface area contributed by atoms with Crippen LogP contribution in [0.1, 0.15) is 34.5 Å². The van der Waals surface area contributed by atoms with E-state index in [9.17, 15) is 4.79 Å². The van der Waals surface area contributed by atoms with Crippen molar-refractivity contribution in [3.63, 3.8) is 0 Å². The number of benzene rings is 1. The van der Waals surface area contributed by atoms with Crippen LogP contribution in [0.25, 0.3) is 10.2 Å². The Labute approximate surface area is 149 Å². The maximum absolute atomic E-state index is 12.6. The van der Waals surface area contributed by atoms with Crippen molar-refractivity contribution in [1.29, 1.82) is 0 Å². The molecule has 24 heavy (non-hydrogen) atoms. The Morgan fingerprint density at radius 1 is 1.33 bits per heavy atom. The molecule has 0 unspecified atom stereocenters. The number of thiazole rings is 2. The molecule has 3 heterocycles. The molecule has 0 bridgehead atoms. The van der Waals surface area contributed by atoms with Crippen LogP contribution in [0.5, 0.6) is 0 Å². The molecule has 2 aromatic heterocycles. The molecule has 3 aromatic rings. The summed E-state index contributed by atoms with van der Waals surface area (Å²) in [4.78, 5) is 23.8. The molecule has 4 rings (SSSR count). The quantitative estimate of drug-likeness (QED) is 0.711. The monoisotopic (exact) mass is 357 g/mol. The Kier molecular flexibility index (Phi) is 4.33. The largest absolute Gasteiger partial charge is 0.342 e. The highest BCUT2D eigenvalue weighted by molar-refractivity contribution is 7.18. The van der Waals surface area contributed by atoms with Gasteiger partial charge in [0, 0.05) is 24.4 Å². The van der Waals surface area contributed by atoms with Gasteiger partial charge < -0.3 is 4.90 Å². The fourth-order valence-corrected chi connectivity index (χ4v) is 4.93. The first-order valence-corrected chi connectivity index (χ1v) is 9.93. The summed E-state index contributed by atoms with van der Waals surface area (Å²) in [5.74, 6) is 0.545. The molecule has 4 nitrogen and oxygen atoms in total. The van der Waals surface area contributed by atoms with E-state index < -0.39 is 0 Å². The van der Waals surface area contributed by atoms with E-state index >= 15 is 0 Å². The zero-order valence-corrected chi connectivity index (χ0v) is 15.2. The van der Waals surface area contributed by atoms with E-state index in [0.29, 0.717) is 12.3 Å². The predicted molar refractivity (Wildman–Crippen MR) is 98.7 cm³/mol. The molecule has 6 heteroatoms. The van der Waals surface area contributed by atoms with Crippen molar-refractivity contribution < 1.29 is 4.79 Å². The third kappa shape index (κ3) is 3.21. The SMILES string of the molecule is Cc1nc(CC(=O)N2CCC[C@H](c3nc4ccccc4s3)C2)cs1. The number of hydrogen-bond donors (Lipinski definition) is 0. The van der Waals surface area contributed by atoms with E-state index in [1.54, 1.807) is 22.7 Å². The molecule has 0 aliphatic carbocycles. The summed E-state index contributed by atoms with van der Waals surface area (Å²) in [6, 6.07) is 8.26. The van der Waals surface area contributed by atoms with Crippen LogP contribution in [0.15, 0.2) is 29.6 Å². The number of amides is 1. The number of aryl methyl sites for hydroxylation is 1. The number of aromatic nitrogens is 2. The van der Waals surface area contributed by atoms with E-state index in [1.165, 1.54) is 9.71 Å². The van der Waals surface area contributed by atoms with Gasteiger partial charge in [-0.2, -0.15) is 0 Å². The maximum Gasteiger partial charge on any atom is 0.228 e. The van der Waals surface area contributed by atoms with Gasteiger partial charge in [-0.1, -0.05) is 12.1 Å².